The number of aryl methyl sites for hydroxylation is 1. The van der Waals surface area contributed by atoms with Gasteiger partial charge in [-0.1, -0.05) is 17.7 Å². The molecule has 2 aliphatic rings. The van der Waals surface area contributed by atoms with Gasteiger partial charge in [-0.05, 0) is 56.6 Å². The maximum atomic E-state index is 12.2. The van der Waals surface area contributed by atoms with Crippen LogP contribution in [-0.2, 0) is 14.3 Å². The van der Waals surface area contributed by atoms with E-state index in [1.807, 2.05) is 6.92 Å². The number of hydrogen-bond donors (Lipinski definition) is 0. The Hall–Kier alpha value is -0.870. The molecule has 2 bridgehead atoms. The van der Waals surface area contributed by atoms with Crippen molar-refractivity contribution in [3.8, 4) is 0 Å². The quantitative estimate of drug-likeness (QED) is 0.790. The zero-order valence-corrected chi connectivity index (χ0v) is 11.3. The highest BCUT2D eigenvalue weighted by atomic mass is 32.2. The lowest BCUT2D eigenvalue weighted by Crippen LogP contribution is -2.22. The highest BCUT2D eigenvalue weighted by molar-refractivity contribution is 7.86. The minimum atomic E-state index is -3.59. The molecule has 0 heterocycles. The highest BCUT2D eigenvalue weighted by Gasteiger charge is 2.44. The first-order valence-electron chi connectivity index (χ1n) is 6.56. The van der Waals surface area contributed by atoms with Gasteiger partial charge >= 0.3 is 0 Å². The lowest BCUT2D eigenvalue weighted by atomic mass is 10.0. The van der Waals surface area contributed by atoms with Gasteiger partial charge in [0.2, 0.25) is 0 Å². The van der Waals surface area contributed by atoms with E-state index in [1.54, 1.807) is 24.3 Å². The Morgan fingerprint density at radius 2 is 1.50 bits per heavy atom. The van der Waals surface area contributed by atoms with Crippen LogP contribution in [-0.4, -0.2) is 14.5 Å². The second kappa shape index (κ2) is 4.35. The van der Waals surface area contributed by atoms with Gasteiger partial charge in [0.05, 0.1) is 11.0 Å². The number of hydrogen-bond acceptors (Lipinski definition) is 3. The van der Waals surface area contributed by atoms with Crippen molar-refractivity contribution in [1.29, 1.82) is 0 Å². The van der Waals surface area contributed by atoms with Crippen molar-refractivity contribution in [2.24, 2.45) is 11.8 Å². The summed E-state index contributed by atoms with van der Waals surface area (Å²) in [6.07, 6.45) is 4.42. The summed E-state index contributed by atoms with van der Waals surface area (Å²) in [5.74, 6) is 0.908. The van der Waals surface area contributed by atoms with Gasteiger partial charge in [0.1, 0.15) is 0 Å². The average molecular weight is 266 g/mol. The van der Waals surface area contributed by atoms with E-state index in [4.69, 9.17) is 4.18 Å². The summed E-state index contributed by atoms with van der Waals surface area (Å²) < 4.78 is 29.9. The molecule has 0 unspecified atom stereocenters. The van der Waals surface area contributed by atoms with E-state index < -0.39 is 10.1 Å². The second-order valence-corrected chi connectivity index (χ2v) is 7.07. The molecule has 2 aliphatic carbocycles. The minimum absolute atomic E-state index is 0.0729. The van der Waals surface area contributed by atoms with Crippen LogP contribution in [0.3, 0.4) is 0 Å². The molecule has 0 saturated heterocycles. The predicted molar refractivity (Wildman–Crippen MR) is 68.7 cm³/mol. The average Bonchev–Trinajstić information content (AvgIpc) is 2.89. The lowest BCUT2D eigenvalue weighted by molar-refractivity contribution is 0.162. The Kier molecular flexibility index (Phi) is 2.94. The summed E-state index contributed by atoms with van der Waals surface area (Å²) in [5, 5.41) is 0. The molecular formula is C14H18O3S. The second-order valence-electron chi connectivity index (χ2n) is 5.50. The molecule has 1 aromatic rings. The Balaban J connectivity index is 1.81. The minimum Gasteiger partial charge on any atom is -0.262 e. The summed E-state index contributed by atoms with van der Waals surface area (Å²) >= 11 is 0. The molecule has 0 radical (unpaired) electrons. The fourth-order valence-corrected chi connectivity index (χ4v) is 4.44. The lowest BCUT2D eigenvalue weighted by Gasteiger charge is -2.16. The van der Waals surface area contributed by atoms with E-state index in [2.05, 4.69) is 0 Å². The third-order valence-corrected chi connectivity index (χ3v) is 5.62. The molecule has 3 rings (SSSR count). The fourth-order valence-electron chi connectivity index (χ4n) is 3.25. The molecule has 0 amide bonds. The Morgan fingerprint density at radius 1 is 1.00 bits per heavy atom. The first-order valence-corrected chi connectivity index (χ1v) is 7.97. The predicted octanol–water partition coefficient (Wildman–Crippen LogP) is 2.89. The maximum Gasteiger partial charge on any atom is 0.297 e. The largest absolute Gasteiger partial charge is 0.297 e. The number of benzene rings is 1. The van der Waals surface area contributed by atoms with Gasteiger partial charge in [-0.3, -0.25) is 4.18 Å². The zero-order chi connectivity index (χ0) is 12.8. The molecule has 4 heteroatoms. The third-order valence-electron chi connectivity index (χ3n) is 4.29. The standard InChI is InChI=1S/C14H18O3S/c1-10-2-8-13(9-3-10)18(15,16)17-14-11-4-5-12(14)7-6-11/h2-3,8-9,11-12,14H,4-7H2,1H3. The molecule has 1 aromatic carbocycles. The van der Waals surface area contributed by atoms with Gasteiger partial charge in [0, 0.05) is 0 Å². The van der Waals surface area contributed by atoms with Gasteiger partial charge < -0.3 is 0 Å². The van der Waals surface area contributed by atoms with E-state index in [-0.39, 0.29) is 11.0 Å². The SMILES string of the molecule is Cc1ccc(S(=O)(=O)OC2C3CCC2CC3)cc1. The van der Waals surface area contributed by atoms with Gasteiger partial charge in [-0.25, -0.2) is 0 Å². The highest BCUT2D eigenvalue weighted by Crippen LogP contribution is 2.47. The molecule has 98 valence electrons. The van der Waals surface area contributed by atoms with Crippen molar-refractivity contribution >= 4 is 10.1 Å². The van der Waals surface area contributed by atoms with Crippen LogP contribution in [0.15, 0.2) is 29.2 Å². The molecule has 0 N–H and O–H groups in total. The fraction of sp³-hybridized carbons (Fsp3) is 0.571. The van der Waals surface area contributed by atoms with Crippen molar-refractivity contribution in [2.75, 3.05) is 0 Å². The van der Waals surface area contributed by atoms with E-state index in [9.17, 15) is 8.42 Å². The van der Waals surface area contributed by atoms with Crippen LogP contribution in [0.25, 0.3) is 0 Å². The van der Waals surface area contributed by atoms with Crippen molar-refractivity contribution in [2.45, 2.75) is 43.6 Å². The van der Waals surface area contributed by atoms with Gasteiger partial charge in [0.25, 0.3) is 10.1 Å². The third kappa shape index (κ3) is 2.08. The molecular weight excluding hydrogens is 248 g/mol. The van der Waals surface area contributed by atoms with E-state index in [1.165, 1.54) is 0 Å². The Morgan fingerprint density at radius 3 is 2.00 bits per heavy atom. The molecule has 0 spiro atoms. The summed E-state index contributed by atoms with van der Waals surface area (Å²) in [6, 6.07) is 6.86. The first-order chi connectivity index (χ1) is 8.56. The van der Waals surface area contributed by atoms with Crippen LogP contribution in [0.5, 0.6) is 0 Å². The van der Waals surface area contributed by atoms with Crippen LogP contribution < -0.4 is 0 Å². The number of rotatable bonds is 3. The van der Waals surface area contributed by atoms with Crippen molar-refractivity contribution < 1.29 is 12.6 Å². The van der Waals surface area contributed by atoms with E-state index in [0.717, 1.165) is 31.2 Å². The summed E-state index contributed by atoms with van der Waals surface area (Å²) in [6.45, 7) is 1.94. The van der Waals surface area contributed by atoms with Crippen LogP contribution >= 0.6 is 0 Å². The smallest absolute Gasteiger partial charge is 0.262 e. The summed E-state index contributed by atoms with van der Waals surface area (Å²) in [4.78, 5) is 0.277. The zero-order valence-electron chi connectivity index (χ0n) is 10.5. The van der Waals surface area contributed by atoms with Crippen molar-refractivity contribution in [1.82, 2.24) is 0 Å². The van der Waals surface area contributed by atoms with Crippen molar-refractivity contribution in [3.05, 3.63) is 29.8 Å². The van der Waals surface area contributed by atoms with E-state index >= 15 is 0 Å². The van der Waals surface area contributed by atoms with Crippen LogP contribution in [0, 0.1) is 18.8 Å². The first kappa shape index (κ1) is 12.2. The molecule has 0 atom stereocenters. The maximum absolute atomic E-state index is 12.2. The van der Waals surface area contributed by atoms with Gasteiger partial charge in [-0.2, -0.15) is 8.42 Å². The van der Waals surface area contributed by atoms with Crippen LogP contribution in [0.2, 0.25) is 0 Å². The molecule has 0 aromatic heterocycles. The Labute approximate surface area is 108 Å². The van der Waals surface area contributed by atoms with Crippen molar-refractivity contribution in [3.63, 3.8) is 0 Å². The van der Waals surface area contributed by atoms with E-state index in [0.29, 0.717) is 11.8 Å². The normalized spacial score (nSPS) is 30.8. The summed E-state index contributed by atoms with van der Waals surface area (Å²) in [5.41, 5.74) is 1.05. The molecule has 3 nitrogen and oxygen atoms in total. The molecule has 2 saturated carbocycles. The van der Waals surface area contributed by atoms with Crippen LogP contribution in [0.4, 0.5) is 0 Å². The molecule has 0 aliphatic heterocycles. The van der Waals surface area contributed by atoms with Crippen LogP contribution in [0.1, 0.15) is 31.2 Å². The molecule has 2 fully saturated rings. The molecule has 18 heavy (non-hydrogen) atoms. The summed E-state index contributed by atoms with van der Waals surface area (Å²) in [7, 11) is -3.59. The van der Waals surface area contributed by atoms with Gasteiger partial charge in [0.15, 0.2) is 0 Å². The van der Waals surface area contributed by atoms with Gasteiger partial charge in [-0.15, -0.1) is 0 Å². The Bertz CT molecular complexity index is 513. The topological polar surface area (TPSA) is 43.4 Å². The monoisotopic (exact) mass is 266 g/mol. The number of fused-ring (bicyclic) bond motifs is 2.